The average molecular weight is 365 g/mol. The van der Waals surface area contributed by atoms with Crippen LogP contribution in [0.25, 0.3) is 0 Å². The third-order valence-corrected chi connectivity index (χ3v) is 5.86. The number of hydrogen-bond acceptors (Lipinski definition) is 6. The lowest BCUT2D eigenvalue weighted by Gasteiger charge is -2.43. The molecule has 1 amide bonds. The number of hydrogen-bond donors (Lipinski definition) is 1. The van der Waals surface area contributed by atoms with Gasteiger partial charge in [-0.3, -0.25) is 14.7 Å². The van der Waals surface area contributed by atoms with Crippen molar-refractivity contribution >= 4 is 23.3 Å². The Balaban J connectivity index is 1.31. The van der Waals surface area contributed by atoms with Gasteiger partial charge in [0.25, 0.3) is 0 Å². The second-order valence-electron chi connectivity index (χ2n) is 7.14. The molecule has 0 bridgehead atoms. The smallest absolute Gasteiger partial charge is 0.224 e. The van der Waals surface area contributed by atoms with E-state index in [1.165, 1.54) is 19.3 Å². The van der Waals surface area contributed by atoms with Gasteiger partial charge >= 0.3 is 0 Å². The first-order chi connectivity index (χ1) is 12.2. The first-order valence-electron chi connectivity index (χ1n) is 9.24. The molecule has 3 aliphatic rings. The molecule has 25 heavy (non-hydrogen) atoms. The second-order valence-corrected chi connectivity index (χ2v) is 7.53. The van der Waals surface area contributed by atoms with Crippen molar-refractivity contribution in [2.75, 3.05) is 37.7 Å². The largest absolute Gasteiger partial charge is 0.340 e. The molecule has 8 heteroatoms. The summed E-state index contributed by atoms with van der Waals surface area (Å²) in [5.74, 6) is 0.961. The van der Waals surface area contributed by atoms with E-state index < -0.39 is 0 Å². The minimum atomic E-state index is 0.118. The minimum absolute atomic E-state index is 0.118. The van der Waals surface area contributed by atoms with E-state index in [2.05, 4.69) is 20.5 Å². The number of carbonyl (C=O) groups is 1. The van der Waals surface area contributed by atoms with E-state index in [-0.39, 0.29) is 11.9 Å². The molecule has 1 N–H and O–H groups in total. The number of carbonyl (C=O) groups excluding carboxylic acids is 1. The van der Waals surface area contributed by atoms with Crippen molar-refractivity contribution in [2.45, 2.75) is 44.2 Å². The highest BCUT2D eigenvalue weighted by molar-refractivity contribution is 6.29. The zero-order valence-electron chi connectivity index (χ0n) is 14.4. The number of halogens is 1. The summed E-state index contributed by atoms with van der Waals surface area (Å²) in [5.41, 5.74) is 3.30. The first kappa shape index (κ1) is 17.0. The van der Waals surface area contributed by atoms with E-state index in [0.717, 1.165) is 51.0 Å². The average Bonchev–Trinajstić information content (AvgIpc) is 3.03. The maximum Gasteiger partial charge on any atom is 0.224 e. The summed E-state index contributed by atoms with van der Waals surface area (Å²) in [7, 11) is 0. The minimum Gasteiger partial charge on any atom is -0.340 e. The van der Waals surface area contributed by atoms with Crippen molar-refractivity contribution in [3.8, 4) is 0 Å². The van der Waals surface area contributed by atoms with Crippen LogP contribution in [0, 0.1) is 0 Å². The van der Waals surface area contributed by atoms with Crippen molar-refractivity contribution in [1.29, 1.82) is 0 Å². The lowest BCUT2D eigenvalue weighted by molar-refractivity contribution is -0.133. The molecule has 3 fully saturated rings. The number of hydrazine groups is 1. The Labute approximate surface area is 153 Å². The molecule has 1 saturated carbocycles. The zero-order chi connectivity index (χ0) is 17.2. The number of piperazine rings is 1. The molecule has 4 rings (SSSR count). The van der Waals surface area contributed by atoms with Gasteiger partial charge in [0, 0.05) is 45.2 Å². The summed E-state index contributed by atoms with van der Waals surface area (Å²) in [6.07, 6.45) is 5.47. The van der Waals surface area contributed by atoms with Crippen LogP contribution in [0.3, 0.4) is 0 Å². The van der Waals surface area contributed by atoms with Gasteiger partial charge < -0.3 is 4.90 Å². The van der Waals surface area contributed by atoms with Crippen LogP contribution in [0.2, 0.25) is 5.15 Å². The lowest BCUT2D eigenvalue weighted by atomic mass is 9.91. The summed E-state index contributed by atoms with van der Waals surface area (Å²) in [4.78, 5) is 17.3. The van der Waals surface area contributed by atoms with Crippen LogP contribution in [0.15, 0.2) is 12.1 Å². The topological polar surface area (TPSA) is 64.6 Å². The molecular weight excluding hydrogens is 340 g/mol. The van der Waals surface area contributed by atoms with Gasteiger partial charge in [-0.15, -0.1) is 10.2 Å². The Bertz CT molecular complexity index is 600. The van der Waals surface area contributed by atoms with Gasteiger partial charge in [0.2, 0.25) is 5.91 Å². The summed E-state index contributed by atoms with van der Waals surface area (Å²) in [6.45, 7) is 4.60. The van der Waals surface area contributed by atoms with Gasteiger partial charge in [-0.25, -0.2) is 5.43 Å². The van der Waals surface area contributed by atoms with Gasteiger partial charge in [0.15, 0.2) is 11.0 Å². The molecule has 0 radical (unpaired) electrons. The van der Waals surface area contributed by atoms with Crippen LogP contribution in [0.4, 0.5) is 5.82 Å². The van der Waals surface area contributed by atoms with Crippen molar-refractivity contribution in [1.82, 2.24) is 25.4 Å². The molecule has 7 nitrogen and oxygen atoms in total. The third-order valence-electron chi connectivity index (χ3n) is 5.66. The third kappa shape index (κ3) is 3.73. The summed E-state index contributed by atoms with van der Waals surface area (Å²) in [6, 6.07) is 4.45. The summed E-state index contributed by atoms with van der Waals surface area (Å²) >= 11 is 5.81. The molecule has 0 spiro atoms. The number of rotatable bonds is 4. The lowest BCUT2D eigenvalue weighted by Crippen LogP contribution is -2.54. The van der Waals surface area contributed by atoms with Gasteiger partial charge in [-0.1, -0.05) is 18.0 Å². The van der Waals surface area contributed by atoms with Crippen molar-refractivity contribution in [3.63, 3.8) is 0 Å². The SMILES string of the molecule is O=C(CC1CCNN1c1ccc(Cl)nn1)N1CCN(C2CCC2)CC1. The molecule has 1 aromatic rings. The highest BCUT2D eigenvalue weighted by Crippen LogP contribution is 2.26. The first-order valence-corrected chi connectivity index (χ1v) is 9.62. The summed E-state index contributed by atoms with van der Waals surface area (Å²) in [5, 5.41) is 10.4. The van der Waals surface area contributed by atoms with Gasteiger partial charge in [0.1, 0.15) is 0 Å². The Morgan fingerprint density at radius 1 is 1.16 bits per heavy atom. The highest BCUT2D eigenvalue weighted by atomic mass is 35.5. The van der Waals surface area contributed by atoms with E-state index in [0.29, 0.717) is 11.6 Å². The Morgan fingerprint density at radius 2 is 1.96 bits per heavy atom. The predicted molar refractivity (Wildman–Crippen MR) is 96.3 cm³/mol. The fourth-order valence-electron chi connectivity index (χ4n) is 3.93. The van der Waals surface area contributed by atoms with E-state index >= 15 is 0 Å². The van der Waals surface area contributed by atoms with Crippen molar-refractivity contribution in [2.24, 2.45) is 0 Å². The summed E-state index contributed by atoms with van der Waals surface area (Å²) < 4.78 is 0. The van der Waals surface area contributed by atoms with Crippen LogP contribution in [-0.2, 0) is 4.79 Å². The van der Waals surface area contributed by atoms with Crippen molar-refractivity contribution < 1.29 is 4.79 Å². The predicted octanol–water partition coefficient (Wildman–Crippen LogP) is 1.30. The van der Waals surface area contributed by atoms with Crippen LogP contribution in [-0.4, -0.2) is 70.7 Å². The number of anilines is 1. The van der Waals surface area contributed by atoms with Crippen LogP contribution < -0.4 is 10.4 Å². The molecule has 2 saturated heterocycles. The zero-order valence-corrected chi connectivity index (χ0v) is 15.2. The standard InChI is InChI=1S/C17H25ClN6O/c18-15-4-5-16(21-20-15)24-14(6-7-19-24)12-17(25)23-10-8-22(9-11-23)13-2-1-3-13/h4-5,13-14,19H,1-3,6-12H2. The quantitative estimate of drug-likeness (QED) is 0.868. The van der Waals surface area contributed by atoms with Crippen LogP contribution in [0.1, 0.15) is 32.1 Å². The Kier molecular flexibility index (Phi) is 5.05. The molecule has 2 aliphatic heterocycles. The molecule has 0 aromatic carbocycles. The maximum absolute atomic E-state index is 12.7. The Hall–Kier alpha value is -1.44. The monoisotopic (exact) mass is 364 g/mol. The van der Waals surface area contributed by atoms with Gasteiger partial charge in [0.05, 0.1) is 6.04 Å². The van der Waals surface area contributed by atoms with E-state index in [9.17, 15) is 4.79 Å². The second kappa shape index (κ2) is 7.43. The highest BCUT2D eigenvalue weighted by Gasteiger charge is 2.32. The van der Waals surface area contributed by atoms with Crippen LogP contribution in [0.5, 0.6) is 0 Å². The fraction of sp³-hybridized carbons (Fsp3) is 0.706. The van der Waals surface area contributed by atoms with E-state index in [1.54, 1.807) is 6.07 Å². The molecule has 1 unspecified atom stereocenters. The molecule has 1 aliphatic carbocycles. The normalized spacial score (nSPS) is 25.2. The molecule has 1 atom stereocenters. The van der Waals surface area contributed by atoms with Gasteiger partial charge in [-0.05, 0) is 31.4 Å². The number of aromatic nitrogens is 2. The molecule has 136 valence electrons. The number of nitrogens with one attached hydrogen (secondary N) is 1. The van der Waals surface area contributed by atoms with Crippen LogP contribution >= 0.6 is 11.6 Å². The van der Waals surface area contributed by atoms with E-state index in [4.69, 9.17) is 11.6 Å². The number of nitrogens with zero attached hydrogens (tertiary/aromatic N) is 5. The molecule has 3 heterocycles. The van der Waals surface area contributed by atoms with Crippen molar-refractivity contribution in [3.05, 3.63) is 17.3 Å². The fourth-order valence-corrected chi connectivity index (χ4v) is 4.03. The molecular formula is C17H25ClN6O. The molecule has 1 aromatic heterocycles. The maximum atomic E-state index is 12.7. The number of amides is 1. The van der Waals surface area contributed by atoms with Gasteiger partial charge in [-0.2, -0.15) is 0 Å². The Morgan fingerprint density at radius 3 is 2.60 bits per heavy atom. The van der Waals surface area contributed by atoms with E-state index in [1.807, 2.05) is 16.0 Å².